The van der Waals surface area contributed by atoms with Crippen molar-refractivity contribution in [3.05, 3.63) is 29.6 Å². The van der Waals surface area contributed by atoms with E-state index < -0.39 is 15.5 Å². The minimum atomic E-state index is -2.65. The molecule has 1 aromatic carbocycles. The van der Waals surface area contributed by atoms with Gasteiger partial charge < -0.3 is 4.53 Å². The molecule has 2 rings (SSSR count). The van der Waals surface area contributed by atoms with E-state index in [4.69, 9.17) is 4.53 Å². The minimum Gasteiger partial charge on any atom is -0.472 e. The lowest BCUT2D eigenvalue weighted by molar-refractivity contribution is 0.115. The van der Waals surface area contributed by atoms with Crippen molar-refractivity contribution in [2.75, 3.05) is 0 Å². The highest BCUT2D eigenvalue weighted by Crippen LogP contribution is 2.28. The molecule has 0 radical (unpaired) electrons. The van der Waals surface area contributed by atoms with Gasteiger partial charge in [0, 0.05) is 0 Å². The monoisotopic (exact) mass is 298 g/mol. The van der Waals surface area contributed by atoms with Crippen molar-refractivity contribution in [1.29, 1.82) is 0 Å². The topological polar surface area (TPSA) is 27.1 Å². The molecule has 3 nitrogen and oxygen atoms in total. The molecule has 1 aromatic heterocycles. The molecule has 0 aliphatic rings. The van der Waals surface area contributed by atoms with Crippen molar-refractivity contribution < 1.29 is 13.3 Å². The normalized spacial score (nSPS) is 12.7. The SMILES string of the molecule is C[SiH](C)On1c(C(F)F)nc2cc(C(C)(C)C)ccc21. The van der Waals surface area contributed by atoms with Crippen LogP contribution in [0.4, 0.5) is 8.78 Å². The third kappa shape index (κ3) is 2.84. The lowest BCUT2D eigenvalue weighted by Crippen LogP contribution is -2.25. The summed E-state index contributed by atoms with van der Waals surface area (Å²) in [5.74, 6) is -0.313. The highest BCUT2D eigenvalue weighted by molar-refractivity contribution is 6.48. The number of halogens is 2. The molecular formula is C14H20F2N2OSi. The lowest BCUT2D eigenvalue weighted by Gasteiger charge is -2.19. The summed E-state index contributed by atoms with van der Waals surface area (Å²) in [6.07, 6.45) is -2.65. The summed E-state index contributed by atoms with van der Waals surface area (Å²) < 4.78 is 33.0. The Morgan fingerprint density at radius 3 is 2.40 bits per heavy atom. The van der Waals surface area contributed by atoms with Crippen LogP contribution >= 0.6 is 0 Å². The molecule has 0 saturated heterocycles. The van der Waals surface area contributed by atoms with Gasteiger partial charge in [0.1, 0.15) is 5.52 Å². The Morgan fingerprint density at radius 2 is 1.90 bits per heavy atom. The van der Waals surface area contributed by atoms with Gasteiger partial charge >= 0.3 is 0 Å². The molecule has 0 amide bonds. The predicted octanol–water partition coefficient (Wildman–Crippen LogP) is 3.68. The Morgan fingerprint density at radius 1 is 1.25 bits per heavy atom. The first kappa shape index (κ1) is 15.0. The second kappa shape index (κ2) is 5.16. The molecule has 0 atom stereocenters. The molecule has 20 heavy (non-hydrogen) atoms. The fourth-order valence-corrected chi connectivity index (χ4v) is 2.65. The molecule has 0 aliphatic carbocycles. The van der Waals surface area contributed by atoms with Crippen LogP contribution in [-0.4, -0.2) is 18.8 Å². The van der Waals surface area contributed by atoms with Gasteiger partial charge in [-0.1, -0.05) is 26.8 Å². The second-order valence-corrected chi connectivity index (χ2v) is 8.48. The molecule has 110 valence electrons. The highest BCUT2D eigenvalue weighted by Gasteiger charge is 2.22. The van der Waals surface area contributed by atoms with Gasteiger partial charge in [0.15, 0.2) is 0 Å². The van der Waals surface area contributed by atoms with Crippen LogP contribution in [0.15, 0.2) is 18.2 Å². The quantitative estimate of drug-likeness (QED) is 0.808. The van der Waals surface area contributed by atoms with Gasteiger partial charge in [-0.25, -0.2) is 13.8 Å². The average Bonchev–Trinajstić information content (AvgIpc) is 2.65. The first-order valence-corrected chi connectivity index (χ1v) is 9.46. The smallest absolute Gasteiger partial charge is 0.298 e. The first-order chi connectivity index (χ1) is 9.20. The Hall–Kier alpha value is -1.43. The maximum absolute atomic E-state index is 13.1. The Kier molecular flexibility index (Phi) is 3.86. The molecule has 0 fully saturated rings. The van der Waals surface area contributed by atoms with Crippen LogP contribution in [0.2, 0.25) is 13.1 Å². The molecule has 0 saturated carbocycles. The van der Waals surface area contributed by atoms with E-state index >= 15 is 0 Å². The van der Waals surface area contributed by atoms with Crippen molar-refractivity contribution in [1.82, 2.24) is 9.71 Å². The summed E-state index contributed by atoms with van der Waals surface area (Å²) in [6.45, 7) is 10.1. The molecule has 0 unspecified atom stereocenters. The van der Waals surface area contributed by atoms with Gasteiger partial charge in [0.05, 0.1) is 5.52 Å². The van der Waals surface area contributed by atoms with Crippen molar-refractivity contribution in [2.45, 2.75) is 45.7 Å². The van der Waals surface area contributed by atoms with Crippen LogP contribution in [0.3, 0.4) is 0 Å². The fraction of sp³-hybridized carbons (Fsp3) is 0.500. The number of alkyl halides is 2. The third-order valence-electron chi connectivity index (χ3n) is 3.01. The summed E-state index contributed by atoms with van der Waals surface area (Å²) in [5.41, 5.74) is 2.19. The number of rotatable bonds is 3. The Labute approximate surface area is 119 Å². The second-order valence-electron chi connectivity index (χ2n) is 6.17. The summed E-state index contributed by atoms with van der Waals surface area (Å²) in [6, 6.07) is 5.62. The first-order valence-electron chi connectivity index (χ1n) is 6.68. The van der Waals surface area contributed by atoms with Crippen molar-refractivity contribution in [3.8, 4) is 0 Å². The van der Waals surface area contributed by atoms with E-state index in [1.54, 1.807) is 0 Å². The largest absolute Gasteiger partial charge is 0.472 e. The standard InChI is InChI=1S/C14H20F2N2OSi/c1-14(2,3)9-6-7-11-10(8-9)17-13(12(15)16)18(11)19-20(4)5/h6-8,12,20H,1-5H3. The van der Waals surface area contributed by atoms with Crippen LogP contribution in [-0.2, 0) is 5.41 Å². The van der Waals surface area contributed by atoms with Gasteiger partial charge in [0.25, 0.3) is 15.5 Å². The van der Waals surface area contributed by atoms with E-state index in [1.165, 1.54) is 4.73 Å². The van der Waals surface area contributed by atoms with Crippen LogP contribution in [0.5, 0.6) is 0 Å². The number of aromatic nitrogens is 2. The zero-order chi connectivity index (χ0) is 15.1. The predicted molar refractivity (Wildman–Crippen MR) is 78.8 cm³/mol. The maximum atomic E-state index is 13.1. The zero-order valence-corrected chi connectivity index (χ0v) is 13.6. The Bertz CT molecular complexity index is 617. The number of fused-ring (bicyclic) bond motifs is 1. The third-order valence-corrected chi connectivity index (χ3v) is 3.65. The van der Waals surface area contributed by atoms with E-state index in [0.29, 0.717) is 11.0 Å². The van der Waals surface area contributed by atoms with E-state index in [2.05, 4.69) is 25.8 Å². The molecular weight excluding hydrogens is 278 g/mol. The van der Waals surface area contributed by atoms with Gasteiger partial charge in [0.2, 0.25) is 5.82 Å². The highest BCUT2D eigenvalue weighted by atomic mass is 28.3. The molecule has 0 bridgehead atoms. The van der Waals surface area contributed by atoms with E-state index in [1.807, 2.05) is 31.3 Å². The maximum Gasteiger partial charge on any atom is 0.298 e. The summed E-state index contributed by atoms with van der Waals surface area (Å²) in [4.78, 5) is 4.05. The van der Waals surface area contributed by atoms with E-state index in [-0.39, 0.29) is 11.2 Å². The van der Waals surface area contributed by atoms with Gasteiger partial charge in [-0.2, -0.15) is 4.73 Å². The van der Waals surface area contributed by atoms with Gasteiger partial charge in [-0.15, -0.1) is 0 Å². The average molecular weight is 298 g/mol. The van der Waals surface area contributed by atoms with E-state index in [9.17, 15) is 8.78 Å². The molecule has 0 spiro atoms. The molecule has 6 heteroatoms. The zero-order valence-electron chi connectivity index (χ0n) is 12.4. The fourth-order valence-electron chi connectivity index (χ4n) is 2.00. The number of benzene rings is 1. The minimum absolute atomic E-state index is 0.0450. The number of imidazole rings is 1. The van der Waals surface area contributed by atoms with Gasteiger partial charge in [-0.3, -0.25) is 0 Å². The van der Waals surface area contributed by atoms with Crippen LogP contribution in [0.25, 0.3) is 11.0 Å². The van der Waals surface area contributed by atoms with Crippen LogP contribution in [0.1, 0.15) is 38.6 Å². The number of nitrogens with zero attached hydrogens (tertiary/aromatic N) is 2. The van der Waals surface area contributed by atoms with Gasteiger partial charge in [-0.05, 0) is 36.2 Å². The number of hydrogen-bond acceptors (Lipinski definition) is 2. The molecule has 1 heterocycles. The summed E-state index contributed by atoms with van der Waals surface area (Å²) in [7, 11) is -1.50. The molecule has 2 aromatic rings. The molecule has 0 N–H and O–H groups in total. The Balaban J connectivity index is 2.61. The van der Waals surface area contributed by atoms with Crippen LogP contribution < -0.4 is 4.53 Å². The van der Waals surface area contributed by atoms with Crippen molar-refractivity contribution >= 4 is 20.1 Å². The van der Waals surface area contributed by atoms with Crippen molar-refractivity contribution in [3.63, 3.8) is 0 Å². The lowest BCUT2D eigenvalue weighted by atomic mass is 9.87. The summed E-state index contributed by atoms with van der Waals surface area (Å²) in [5, 5.41) is 0. The van der Waals surface area contributed by atoms with Crippen molar-refractivity contribution in [2.24, 2.45) is 0 Å². The van der Waals surface area contributed by atoms with E-state index in [0.717, 1.165) is 5.56 Å². The van der Waals surface area contributed by atoms with Crippen LogP contribution in [0, 0.1) is 0 Å². The summed E-state index contributed by atoms with van der Waals surface area (Å²) >= 11 is 0. The molecule has 0 aliphatic heterocycles. The number of hydrogen-bond donors (Lipinski definition) is 0.